The minimum Gasteiger partial charge on any atom is -0.206 e. The summed E-state index contributed by atoms with van der Waals surface area (Å²) in [5, 5.41) is 0. The van der Waals surface area contributed by atoms with E-state index in [0.29, 0.717) is 4.34 Å². The van der Waals surface area contributed by atoms with Gasteiger partial charge in [0.05, 0.1) is 4.34 Å². The predicted molar refractivity (Wildman–Crippen MR) is 49.6 cm³/mol. The molecule has 1 aromatic heterocycles. The molecule has 2 nitrogen and oxygen atoms in total. The maximum Gasteiger partial charge on any atom is 0.270 e. The first-order valence-electron chi connectivity index (χ1n) is 2.20. The topological polar surface area (TPSA) is 34.1 Å². The van der Waals surface area contributed by atoms with Crippen molar-refractivity contribution in [3.05, 3.63) is 16.5 Å². The Kier molecular flexibility index (Phi) is 4.15. The summed E-state index contributed by atoms with van der Waals surface area (Å²) in [7, 11) is 1.42. The molecular weight excluding hydrogens is 251 g/mol. The number of rotatable bonds is 1. The molecule has 0 aliphatic heterocycles. The highest BCUT2D eigenvalue weighted by atomic mass is 35.7. The van der Waals surface area contributed by atoms with Gasteiger partial charge in [0.1, 0.15) is 4.21 Å². The lowest BCUT2D eigenvalue weighted by Gasteiger charge is -1.83. The lowest BCUT2D eigenvalue weighted by Crippen LogP contribution is -1.82. The van der Waals surface area contributed by atoms with Crippen LogP contribution in [0.2, 0.25) is 4.34 Å². The van der Waals surface area contributed by atoms with Gasteiger partial charge in [-0.05, 0) is 12.1 Å². The van der Waals surface area contributed by atoms with Crippen molar-refractivity contribution in [1.82, 2.24) is 0 Å². The highest BCUT2D eigenvalue weighted by molar-refractivity contribution is 8.15. The van der Waals surface area contributed by atoms with E-state index < -0.39 is 9.05 Å². The Bertz CT molecular complexity index is 329. The van der Waals surface area contributed by atoms with Crippen molar-refractivity contribution in [2.45, 2.75) is 4.21 Å². The van der Waals surface area contributed by atoms with Crippen LogP contribution in [-0.2, 0) is 9.05 Å². The van der Waals surface area contributed by atoms with E-state index in [4.69, 9.17) is 22.3 Å². The van der Waals surface area contributed by atoms with E-state index in [1.54, 1.807) is 0 Å². The van der Waals surface area contributed by atoms with Gasteiger partial charge < -0.3 is 0 Å². The van der Waals surface area contributed by atoms with Crippen molar-refractivity contribution in [2.24, 2.45) is 0 Å². The standard InChI is InChI=1S/C4H2Cl2O2S2.ClH/c5-3-1-2-4(9-3)10(6,7)8;/h1-2H;1H. The number of thiophene rings is 1. The van der Waals surface area contributed by atoms with Crippen LogP contribution in [-0.4, -0.2) is 8.42 Å². The first kappa shape index (κ1) is 11.5. The van der Waals surface area contributed by atoms with Gasteiger partial charge in [0.15, 0.2) is 0 Å². The maximum absolute atomic E-state index is 10.6. The summed E-state index contributed by atoms with van der Waals surface area (Å²) in [5.41, 5.74) is 0. The molecule has 0 aromatic carbocycles. The predicted octanol–water partition coefficient (Wildman–Crippen LogP) is 2.75. The molecule has 0 fully saturated rings. The summed E-state index contributed by atoms with van der Waals surface area (Å²) in [6.45, 7) is 0. The number of halogens is 3. The molecule has 11 heavy (non-hydrogen) atoms. The van der Waals surface area contributed by atoms with E-state index >= 15 is 0 Å². The Morgan fingerprint density at radius 2 is 1.91 bits per heavy atom. The molecule has 64 valence electrons. The van der Waals surface area contributed by atoms with E-state index in [1.807, 2.05) is 0 Å². The van der Waals surface area contributed by atoms with Crippen LogP contribution >= 0.6 is 46.0 Å². The lowest BCUT2D eigenvalue weighted by atomic mass is 10.7. The zero-order chi connectivity index (χ0) is 7.78. The van der Waals surface area contributed by atoms with E-state index in [9.17, 15) is 8.42 Å². The summed E-state index contributed by atoms with van der Waals surface area (Å²) in [4.78, 5) is 0. The SMILES string of the molecule is Cl.O=S(=O)(Cl)c1ccc(Cl)s1. The Balaban J connectivity index is 0.000001000. The maximum atomic E-state index is 10.6. The molecular formula is C4H3Cl3O2S2. The average molecular weight is 254 g/mol. The third kappa shape index (κ3) is 3.17. The van der Waals surface area contributed by atoms with E-state index in [0.717, 1.165) is 11.3 Å². The van der Waals surface area contributed by atoms with Crippen LogP contribution in [0.25, 0.3) is 0 Å². The summed E-state index contributed by atoms with van der Waals surface area (Å²) >= 11 is 6.40. The summed E-state index contributed by atoms with van der Waals surface area (Å²) in [6, 6.07) is 2.86. The Morgan fingerprint density at radius 3 is 2.09 bits per heavy atom. The van der Waals surface area contributed by atoms with E-state index in [-0.39, 0.29) is 16.6 Å². The molecule has 0 saturated carbocycles. The Labute approximate surface area is 84.0 Å². The molecule has 0 aliphatic rings. The highest BCUT2D eigenvalue weighted by Crippen LogP contribution is 2.27. The lowest BCUT2D eigenvalue weighted by molar-refractivity contribution is 0.611. The molecule has 7 heteroatoms. The molecule has 0 aliphatic carbocycles. The Morgan fingerprint density at radius 1 is 1.36 bits per heavy atom. The van der Waals surface area contributed by atoms with Gasteiger partial charge >= 0.3 is 0 Å². The van der Waals surface area contributed by atoms with E-state index in [2.05, 4.69) is 0 Å². The minimum atomic E-state index is -3.58. The molecule has 0 atom stereocenters. The average Bonchev–Trinajstić information content (AvgIpc) is 2.11. The fraction of sp³-hybridized carbons (Fsp3) is 0. The second kappa shape index (κ2) is 3.96. The van der Waals surface area contributed by atoms with Gasteiger partial charge in [0, 0.05) is 10.7 Å². The second-order valence-corrected chi connectivity index (χ2v) is 6.00. The molecule has 0 spiro atoms. The minimum absolute atomic E-state index is 0. The molecule has 0 saturated heterocycles. The van der Waals surface area contributed by atoms with E-state index in [1.165, 1.54) is 12.1 Å². The molecule has 0 radical (unpaired) electrons. The summed E-state index contributed by atoms with van der Waals surface area (Å²) in [6.07, 6.45) is 0. The molecule has 0 unspecified atom stereocenters. The molecule has 0 N–H and O–H groups in total. The fourth-order valence-corrected chi connectivity index (χ4v) is 2.68. The van der Waals surface area contributed by atoms with Crippen LogP contribution in [0.3, 0.4) is 0 Å². The van der Waals surface area contributed by atoms with Gasteiger partial charge in [0.25, 0.3) is 9.05 Å². The van der Waals surface area contributed by atoms with Gasteiger partial charge in [-0.25, -0.2) is 8.42 Å². The molecule has 1 heterocycles. The molecule has 1 aromatic rings. The first-order chi connectivity index (χ1) is 4.50. The van der Waals surface area contributed by atoms with Crippen LogP contribution in [0.4, 0.5) is 0 Å². The third-order valence-corrected chi connectivity index (χ3v) is 4.11. The van der Waals surface area contributed by atoms with Crippen LogP contribution in [0.5, 0.6) is 0 Å². The van der Waals surface area contributed by atoms with Crippen LogP contribution in [0.1, 0.15) is 0 Å². The van der Waals surface area contributed by atoms with Gasteiger partial charge in [-0.3, -0.25) is 0 Å². The molecule has 1 rings (SSSR count). The van der Waals surface area contributed by atoms with Crippen molar-refractivity contribution >= 4 is 55.1 Å². The summed E-state index contributed by atoms with van der Waals surface area (Å²) in [5.74, 6) is 0. The fourth-order valence-electron chi connectivity index (χ4n) is 0.429. The second-order valence-electron chi connectivity index (χ2n) is 1.50. The third-order valence-electron chi connectivity index (χ3n) is 0.789. The van der Waals surface area contributed by atoms with Crippen molar-refractivity contribution in [3.63, 3.8) is 0 Å². The van der Waals surface area contributed by atoms with Crippen LogP contribution in [0.15, 0.2) is 16.3 Å². The number of hydrogen-bond donors (Lipinski definition) is 0. The van der Waals surface area contributed by atoms with Crippen molar-refractivity contribution in [2.75, 3.05) is 0 Å². The van der Waals surface area contributed by atoms with Crippen LogP contribution in [0, 0.1) is 0 Å². The smallest absolute Gasteiger partial charge is 0.206 e. The van der Waals surface area contributed by atoms with Gasteiger partial charge in [-0.1, -0.05) is 11.6 Å². The Hall–Kier alpha value is 0.520. The normalized spacial score (nSPS) is 10.7. The quantitative estimate of drug-likeness (QED) is 0.721. The van der Waals surface area contributed by atoms with Crippen molar-refractivity contribution in [1.29, 1.82) is 0 Å². The van der Waals surface area contributed by atoms with Crippen molar-refractivity contribution in [3.8, 4) is 0 Å². The zero-order valence-corrected chi connectivity index (χ0v) is 8.91. The largest absolute Gasteiger partial charge is 0.270 e. The van der Waals surface area contributed by atoms with Gasteiger partial charge in [-0.15, -0.1) is 23.7 Å². The monoisotopic (exact) mass is 252 g/mol. The highest BCUT2D eigenvalue weighted by Gasteiger charge is 2.11. The summed E-state index contributed by atoms with van der Waals surface area (Å²) < 4.78 is 21.6. The van der Waals surface area contributed by atoms with Crippen molar-refractivity contribution < 1.29 is 8.42 Å². The van der Waals surface area contributed by atoms with Gasteiger partial charge in [0.2, 0.25) is 0 Å². The molecule has 0 bridgehead atoms. The first-order valence-corrected chi connectivity index (χ1v) is 5.70. The number of hydrogen-bond acceptors (Lipinski definition) is 3. The molecule has 0 amide bonds. The van der Waals surface area contributed by atoms with Crippen LogP contribution < -0.4 is 0 Å². The zero-order valence-electron chi connectivity index (χ0n) is 4.95. The van der Waals surface area contributed by atoms with Gasteiger partial charge in [-0.2, -0.15) is 0 Å².